The second kappa shape index (κ2) is 9.51. The topological polar surface area (TPSA) is 58.2 Å². The monoisotopic (exact) mass is 384 g/mol. The molecule has 0 bridgehead atoms. The van der Waals surface area contributed by atoms with Crippen LogP contribution in [0.3, 0.4) is 0 Å². The Hall–Kier alpha value is -3.66. The molecule has 0 unspecified atom stereocenters. The summed E-state index contributed by atoms with van der Waals surface area (Å²) in [6.45, 7) is 4.23. The van der Waals surface area contributed by atoms with Crippen LogP contribution in [-0.4, -0.2) is 11.8 Å². The summed E-state index contributed by atoms with van der Waals surface area (Å²) >= 11 is 0. The van der Waals surface area contributed by atoms with E-state index in [0.29, 0.717) is 17.7 Å². The van der Waals surface area contributed by atoms with Crippen LogP contribution < -0.4 is 10.6 Å². The zero-order chi connectivity index (χ0) is 20.6. The van der Waals surface area contributed by atoms with E-state index in [0.717, 1.165) is 16.7 Å². The molecule has 3 aromatic carbocycles. The normalized spacial score (nSPS) is 11.4. The minimum Gasteiger partial charge on any atom is -0.347 e. The van der Waals surface area contributed by atoms with E-state index in [1.54, 1.807) is 24.3 Å². The van der Waals surface area contributed by atoms with E-state index in [9.17, 15) is 9.59 Å². The Labute approximate surface area is 171 Å². The van der Waals surface area contributed by atoms with Crippen molar-refractivity contribution in [3.8, 4) is 0 Å². The van der Waals surface area contributed by atoms with Crippen LogP contribution in [0.25, 0.3) is 5.57 Å². The smallest absolute Gasteiger partial charge is 0.268 e. The molecule has 3 aromatic rings. The molecule has 2 amide bonds. The maximum atomic E-state index is 13.0. The van der Waals surface area contributed by atoms with Crippen molar-refractivity contribution in [2.45, 2.75) is 20.4 Å². The second-order valence-electron chi connectivity index (χ2n) is 6.85. The highest BCUT2D eigenvalue weighted by molar-refractivity contribution is 6.07. The third kappa shape index (κ3) is 5.42. The molecular weight excluding hydrogens is 360 g/mol. The van der Waals surface area contributed by atoms with Gasteiger partial charge < -0.3 is 10.6 Å². The summed E-state index contributed by atoms with van der Waals surface area (Å²) in [6, 6.07) is 26.4. The first kappa shape index (κ1) is 20.1. The molecule has 29 heavy (non-hydrogen) atoms. The fourth-order valence-corrected chi connectivity index (χ4v) is 2.91. The molecule has 4 nitrogen and oxygen atoms in total. The molecular formula is C25H24N2O2. The first-order valence-electron chi connectivity index (χ1n) is 9.51. The van der Waals surface area contributed by atoms with Crippen molar-refractivity contribution in [2.75, 3.05) is 0 Å². The van der Waals surface area contributed by atoms with Crippen LogP contribution in [0.2, 0.25) is 0 Å². The van der Waals surface area contributed by atoms with Crippen LogP contribution in [0.4, 0.5) is 0 Å². The summed E-state index contributed by atoms with van der Waals surface area (Å²) in [7, 11) is 0. The van der Waals surface area contributed by atoms with Gasteiger partial charge in [-0.1, -0.05) is 78.4 Å². The van der Waals surface area contributed by atoms with Gasteiger partial charge in [-0.2, -0.15) is 0 Å². The number of nitrogens with one attached hydrogen (secondary N) is 2. The molecule has 0 aliphatic rings. The van der Waals surface area contributed by atoms with E-state index < -0.39 is 0 Å². The Morgan fingerprint density at radius 2 is 1.34 bits per heavy atom. The van der Waals surface area contributed by atoms with Crippen molar-refractivity contribution in [3.05, 3.63) is 113 Å². The largest absolute Gasteiger partial charge is 0.347 e. The number of amides is 2. The number of carbonyl (C=O) groups excluding carboxylic acids is 2. The van der Waals surface area contributed by atoms with Gasteiger partial charge in [0.05, 0.1) is 0 Å². The molecule has 0 aliphatic heterocycles. The van der Waals surface area contributed by atoms with Crippen LogP contribution in [0.5, 0.6) is 0 Å². The molecule has 3 rings (SSSR count). The standard InChI is InChI=1S/C25H24N2O2/c1-18-13-15-21(16-14-18)19(2)23(27-24(28)22-11-7-4-8-12-22)25(29)26-17-20-9-5-3-6-10-20/h3-16H,17H2,1-2H3,(H,26,29)(H,27,28)/b23-19+. The van der Waals surface area contributed by atoms with E-state index in [-0.39, 0.29) is 17.5 Å². The van der Waals surface area contributed by atoms with E-state index in [2.05, 4.69) is 10.6 Å². The highest BCUT2D eigenvalue weighted by Gasteiger charge is 2.18. The lowest BCUT2D eigenvalue weighted by atomic mass is 10.0. The maximum absolute atomic E-state index is 13.0. The Morgan fingerprint density at radius 1 is 0.759 bits per heavy atom. The summed E-state index contributed by atoms with van der Waals surface area (Å²) in [4.78, 5) is 25.7. The van der Waals surface area contributed by atoms with Gasteiger partial charge in [-0.25, -0.2) is 0 Å². The fourth-order valence-electron chi connectivity index (χ4n) is 2.91. The predicted octanol–water partition coefficient (Wildman–Crippen LogP) is 4.47. The molecule has 0 heterocycles. The molecule has 0 radical (unpaired) electrons. The van der Waals surface area contributed by atoms with Crippen molar-refractivity contribution in [1.29, 1.82) is 0 Å². The summed E-state index contributed by atoms with van der Waals surface area (Å²) in [6.07, 6.45) is 0. The number of aryl methyl sites for hydroxylation is 1. The van der Waals surface area contributed by atoms with Gasteiger partial charge in [-0.15, -0.1) is 0 Å². The van der Waals surface area contributed by atoms with Crippen LogP contribution in [-0.2, 0) is 11.3 Å². The van der Waals surface area contributed by atoms with E-state index >= 15 is 0 Å². The zero-order valence-corrected chi connectivity index (χ0v) is 16.6. The number of benzene rings is 3. The van der Waals surface area contributed by atoms with E-state index in [1.165, 1.54) is 0 Å². The van der Waals surface area contributed by atoms with Crippen LogP contribution >= 0.6 is 0 Å². The number of carbonyl (C=O) groups is 2. The Balaban J connectivity index is 1.87. The number of allylic oxidation sites excluding steroid dienone is 1. The van der Waals surface area contributed by atoms with Crippen molar-refractivity contribution in [1.82, 2.24) is 10.6 Å². The average molecular weight is 384 g/mol. The van der Waals surface area contributed by atoms with Crippen molar-refractivity contribution >= 4 is 17.4 Å². The van der Waals surface area contributed by atoms with Gasteiger partial charge in [0, 0.05) is 12.1 Å². The minimum absolute atomic E-state index is 0.249. The first-order valence-corrected chi connectivity index (χ1v) is 9.51. The lowest BCUT2D eigenvalue weighted by molar-refractivity contribution is -0.117. The third-order valence-electron chi connectivity index (χ3n) is 4.66. The molecule has 0 spiro atoms. The molecule has 0 fully saturated rings. The van der Waals surface area contributed by atoms with E-state index in [4.69, 9.17) is 0 Å². The van der Waals surface area contributed by atoms with Gasteiger partial charge in [0.1, 0.15) is 5.70 Å². The maximum Gasteiger partial charge on any atom is 0.268 e. The Bertz CT molecular complexity index is 1010. The highest BCUT2D eigenvalue weighted by atomic mass is 16.2. The fraction of sp³-hybridized carbons (Fsp3) is 0.120. The van der Waals surface area contributed by atoms with Gasteiger partial charge >= 0.3 is 0 Å². The number of hydrogen-bond acceptors (Lipinski definition) is 2. The number of rotatable bonds is 6. The first-order chi connectivity index (χ1) is 14.0. The van der Waals surface area contributed by atoms with Gasteiger partial charge in [-0.05, 0) is 42.7 Å². The van der Waals surface area contributed by atoms with Crippen LogP contribution in [0.15, 0.2) is 90.6 Å². The quantitative estimate of drug-likeness (QED) is 0.616. The van der Waals surface area contributed by atoms with Crippen molar-refractivity contribution in [2.24, 2.45) is 0 Å². The average Bonchev–Trinajstić information content (AvgIpc) is 2.77. The van der Waals surface area contributed by atoms with Crippen LogP contribution in [0, 0.1) is 6.92 Å². The van der Waals surface area contributed by atoms with E-state index in [1.807, 2.05) is 74.5 Å². The third-order valence-corrected chi connectivity index (χ3v) is 4.66. The van der Waals surface area contributed by atoms with Gasteiger partial charge in [0.15, 0.2) is 0 Å². The van der Waals surface area contributed by atoms with Crippen molar-refractivity contribution < 1.29 is 9.59 Å². The van der Waals surface area contributed by atoms with Gasteiger partial charge in [-0.3, -0.25) is 9.59 Å². The Kier molecular flexibility index (Phi) is 6.59. The summed E-state index contributed by atoms with van der Waals surface area (Å²) in [5, 5.41) is 5.72. The minimum atomic E-state index is -0.323. The highest BCUT2D eigenvalue weighted by Crippen LogP contribution is 2.18. The lowest BCUT2D eigenvalue weighted by Gasteiger charge is -2.15. The summed E-state index contributed by atoms with van der Waals surface area (Å²) in [5.41, 5.74) is 4.46. The molecule has 146 valence electrons. The molecule has 0 saturated carbocycles. The SMILES string of the molecule is C/C(=C(\NC(=O)c1ccccc1)C(=O)NCc1ccccc1)c1ccc(C)cc1. The molecule has 0 saturated heterocycles. The predicted molar refractivity (Wildman–Crippen MR) is 116 cm³/mol. The zero-order valence-electron chi connectivity index (χ0n) is 16.6. The molecule has 2 N–H and O–H groups in total. The van der Waals surface area contributed by atoms with Gasteiger partial charge in [0.2, 0.25) is 0 Å². The molecule has 0 aromatic heterocycles. The van der Waals surface area contributed by atoms with Gasteiger partial charge in [0.25, 0.3) is 11.8 Å². The Morgan fingerprint density at radius 3 is 1.97 bits per heavy atom. The summed E-state index contributed by atoms with van der Waals surface area (Å²) < 4.78 is 0. The van der Waals surface area contributed by atoms with Crippen LogP contribution in [0.1, 0.15) is 34.0 Å². The summed E-state index contributed by atoms with van der Waals surface area (Å²) in [5.74, 6) is -0.641. The molecule has 0 atom stereocenters. The molecule has 0 aliphatic carbocycles. The lowest BCUT2D eigenvalue weighted by Crippen LogP contribution is -2.35. The second-order valence-corrected chi connectivity index (χ2v) is 6.85. The van der Waals surface area contributed by atoms with Crippen molar-refractivity contribution in [3.63, 3.8) is 0 Å². The number of hydrogen-bond donors (Lipinski definition) is 2. The molecule has 4 heteroatoms.